The average Bonchev–Trinajstić information content (AvgIpc) is 3.66. The minimum absolute atomic E-state index is 0.0116. The highest BCUT2D eigenvalue weighted by Crippen LogP contribution is 2.32. The van der Waals surface area contributed by atoms with E-state index in [2.05, 4.69) is 26.6 Å². The molecule has 0 spiro atoms. The van der Waals surface area contributed by atoms with Gasteiger partial charge >= 0.3 is 5.97 Å². The summed E-state index contributed by atoms with van der Waals surface area (Å²) in [6.45, 7) is 3.80. The number of hydrogen-bond acceptors (Lipinski definition) is 11. The lowest BCUT2D eigenvalue weighted by molar-refractivity contribution is -0.165. The standard InChI is InChI=1S/C37H51N7O9/c1-2-52-36(50)37-13-7-18-44(25-37)17-5-11-31(45)39-15-12-29(33(47)40-16-21-51-20-14-38)42-32(46)22-26-8-3-4-9-27(26)24-41-34(48)30(43-35(37)49)23-28-10-6-19-53-28/h3-6,8-11,19,29-30H,2,7,12-18,20-25,38H2,1H3,(H,39,45)(H,40,47)(H,41,48)(H,42,46)(H,43,49)/b11-5+/t29-,30-,37-/m0/s1. The molecule has 4 atom stereocenters. The maximum Gasteiger partial charge on any atom is 0.322 e. The Bertz CT molecular complexity index is 1580. The number of nitrogens with two attached hydrogens (primary N) is 1. The van der Waals surface area contributed by atoms with E-state index < -0.39 is 53.0 Å². The van der Waals surface area contributed by atoms with Crippen LogP contribution in [0.1, 0.15) is 43.1 Å². The summed E-state index contributed by atoms with van der Waals surface area (Å²) in [5.74, 6) is -2.70. The quantitative estimate of drug-likeness (QED) is 0.103. The van der Waals surface area contributed by atoms with Gasteiger partial charge in [0.15, 0.2) is 5.41 Å². The highest BCUT2D eigenvalue weighted by Gasteiger charge is 2.50. The van der Waals surface area contributed by atoms with Crippen LogP contribution in [0.4, 0.5) is 0 Å². The number of carbonyl (C=O) groups is 6. The van der Waals surface area contributed by atoms with Crippen molar-refractivity contribution in [3.8, 4) is 0 Å². The third-order valence-corrected chi connectivity index (χ3v) is 9.03. The molecule has 2 aliphatic heterocycles. The summed E-state index contributed by atoms with van der Waals surface area (Å²) < 4.78 is 16.2. The van der Waals surface area contributed by atoms with Gasteiger partial charge in [-0.05, 0) is 56.0 Å². The number of esters is 1. The molecule has 2 aliphatic rings. The molecule has 0 aliphatic carbocycles. The van der Waals surface area contributed by atoms with Crippen LogP contribution in [0.3, 0.4) is 0 Å². The number of ether oxygens (including phenoxy) is 2. The molecule has 16 nitrogen and oxygen atoms in total. The third-order valence-electron chi connectivity index (χ3n) is 9.03. The summed E-state index contributed by atoms with van der Waals surface area (Å²) >= 11 is 0. The molecule has 0 saturated carbocycles. The Morgan fingerprint density at radius 1 is 1.06 bits per heavy atom. The summed E-state index contributed by atoms with van der Waals surface area (Å²) in [5, 5.41) is 14.0. The Morgan fingerprint density at radius 2 is 1.87 bits per heavy atom. The van der Waals surface area contributed by atoms with Gasteiger partial charge in [0.25, 0.3) is 0 Å². The summed E-state index contributed by atoms with van der Waals surface area (Å²) in [5.41, 5.74) is 5.10. The minimum Gasteiger partial charge on any atom is -0.469 e. The van der Waals surface area contributed by atoms with Gasteiger partial charge < -0.3 is 46.2 Å². The van der Waals surface area contributed by atoms with Gasteiger partial charge in [0.05, 0.1) is 32.5 Å². The molecule has 5 amide bonds. The molecule has 4 rings (SSSR count). The number of carbonyl (C=O) groups excluding carboxylic acids is 6. The van der Waals surface area contributed by atoms with E-state index in [1.165, 1.54) is 12.3 Å². The lowest BCUT2D eigenvalue weighted by Gasteiger charge is -2.40. The lowest BCUT2D eigenvalue weighted by Crippen LogP contribution is -2.60. The molecule has 3 heterocycles. The van der Waals surface area contributed by atoms with E-state index in [9.17, 15) is 28.8 Å². The third kappa shape index (κ3) is 12.3. The lowest BCUT2D eigenvalue weighted by atomic mass is 9.78. The van der Waals surface area contributed by atoms with Gasteiger partial charge in [-0.3, -0.25) is 33.7 Å². The Hall–Kier alpha value is -5.06. The molecule has 1 aromatic carbocycles. The fourth-order valence-corrected chi connectivity index (χ4v) is 6.31. The zero-order valence-electron chi connectivity index (χ0n) is 30.2. The molecular weight excluding hydrogens is 686 g/mol. The normalized spacial score (nSPS) is 24.1. The maximum absolute atomic E-state index is 14.1. The number of fused-ring (bicyclic) bond motifs is 3. The molecule has 1 saturated heterocycles. The highest BCUT2D eigenvalue weighted by molar-refractivity contribution is 6.04. The topological polar surface area (TPSA) is 223 Å². The number of amides is 5. The van der Waals surface area contributed by atoms with E-state index in [0.717, 1.165) is 0 Å². The van der Waals surface area contributed by atoms with E-state index >= 15 is 0 Å². The zero-order chi connectivity index (χ0) is 38.1. The van der Waals surface area contributed by atoms with Gasteiger partial charge in [-0.1, -0.05) is 30.3 Å². The molecule has 53 heavy (non-hydrogen) atoms. The zero-order valence-corrected chi connectivity index (χ0v) is 30.2. The van der Waals surface area contributed by atoms with Crippen molar-refractivity contribution in [1.29, 1.82) is 0 Å². The Morgan fingerprint density at radius 3 is 2.62 bits per heavy atom. The largest absolute Gasteiger partial charge is 0.469 e. The Balaban J connectivity index is 1.61. The summed E-state index contributed by atoms with van der Waals surface area (Å²) in [7, 11) is 0. The van der Waals surface area contributed by atoms with Gasteiger partial charge in [-0.2, -0.15) is 0 Å². The second kappa shape index (κ2) is 20.8. The number of furan rings is 1. The molecule has 1 aromatic heterocycles. The number of hydrogen-bond donors (Lipinski definition) is 6. The predicted octanol–water partition coefficient (Wildman–Crippen LogP) is -0.536. The SMILES string of the molecule is CCOC(=O)[C@]12CCCN(C/C=C/C(=O)NCC[C@@H](C(=O)NCCOCCN)NC(=O)Cc3ccccc3CNC(=O)[C@H](Cc3ccco3)NC1=O)C2. The summed E-state index contributed by atoms with van der Waals surface area (Å²) in [6.07, 6.45) is 5.15. The van der Waals surface area contributed by atoms with Crippen LogP contribution in [0, 0.1) is 5.41 Å². The molecule has 2 bridgehead atoms. The predicted molar refractivity (Wildman–Crippen MR) is 193 cm³/mol. The fraction of sp³-hybridized carbons (Fsp3) is 0.514. The van der Waals surface area contributed by atoms with E-state index in [-0.39, 0.29) is 71.6 Å². The van der Waals surface area contributed by atoms with Gasteiger partial charge in [-0.15, -0.1) is 0 Å². The number of piperidine rings is 1. The van der Waals surface area contributed by atoms with Crippen LogP contribution in [0.25, 0.3) is 0 Å². The van der Waals surface area contributed by atoms with E-state index in [1.807, 2.05) is 4.90 Å². The smallest absolute Gasteiger partial charge is 0.322 e. The van der Waals surface area contributed by atoms with Crippen molar-refractivity contribution in [1.82, 2.24) is 31.5 Å². The van der Waals surface area contributed by atoms with Crippen LogP contribution in [-0.4, -0.2) is 112 Å². The summed E-state index contributed by atoms with van der Waals surface area (Å²) in [4.78, 5) is 82.5. The molecule has 1 unspecified atom stereocenters. The van der Waals surface area contributed by atoms with Crippen LogP contribution in [0.5, 0.6) is 0 Å². The minimum atomic E-state index is -1.60. The van der Waals surface area contributed by atoms with Crippen molar-refractivity contribution in [2.75, 3.05) is 59.1 Å². The first-order chi connectivity index (χ1) is 25.6. The first kappa shape index (κ1) is 40.7. The Kier molecular flexibility index (Phi) is 16.0. The van der Waals surface area contributed by atoms with Gasteiger partial charge in [0.2, 0.25) is 29.5 Å². The number of nitrogens with one attached hydrogen (secondary N) is 5. The van der Waals surface area contributed by atoms with Gasteiger partial charge in [-0.25, -0.2) is 0 Å². The van der Waals surface area contributed by atoms with Crippen molar-refractivity contribution in [2.45, 2.75) is 57.7 Å². The molecule has 7 N–H and O–H groups in total. The van der Waals surface area contributed by atoms with E-state index in [4.69, 9.17) is 19.6 Å². The van der Waals surface area contributed by atoms with Crippen LogP contribution in [0.15, 0.2) is 59.2 Å². The molecule has 288 valence electrons. The summed E-state index contributed by atoms with van der Waals surface area (Å²) in [6, 6.07) is 8.32. The molecule has 0 radical (unpaired) electrons. The average molecular weight is 738 g/mol. The number of benzene rings is 1. The number of rotatable bonds is 10. The molecule has 1 fully saturated rings. The monoisotopic (exact) mass is 737 g/mol. The molecular formula is C37H51N7O9. The van der Waals surface area contributed by atoms with Crippen LogP contribution < -0.4 is 32.3 Å². The first-order valence-corrected chi connectivity index (χ1v) is 18.0. The molecule has 16 heteroatoms. The first-order valence-electron chi connectivity index (χ1n) is 18.0. The van der Waals surface area contributed by atoms with Crippen molar-refractivity contribution in [2.24, 2.45) is 11.1 Å². The van der Waals surface area contributed by atoms with Crippen LogP contribution in [-0.2, 0) is 57.6 Å². The number of nitrogens with zero attached hydrogens (tertiary/aromatic N) is 1. The van der Waals surface area contributed by atoms with Crippen LogP contribution in [0.2, 0.25) is 0 Å². The molecule has 2 aromatic rings. The van der Waals surface area contributed by atoms with Crippen LogP contribution >= 0.6 is 0 Å². The van der Waals surface area contributed by atoms with Gasteiger partial charge in [0, 0.05) is 51.8 Å². The van der Waals surface area contributed by atoms with Crippen molar-refractivity contribution in [3.05, 3.63) is 71.7 Å². The van der Waals surface area contributed by atoms with E-state index in [1.54, 1.807) is 49.4 Å². The van der Waals surface area contributed by atoms with E-state index in [0.29, 0.717) is 43.0 Å². The second-order valence-electron chi connectivity index (χ2n) is 12.9. The highest BCUT2D eigenvalue weighted by atomic mass is 16.5. The maximum atomic E-state index is 14.1. The van der Waals surface area contributed by atoms with Crippen molar-refractivity contribution >= 4 is 35.5 Å². The fourth-order valence-electron chi connectivity index (χ4n) is 6.31. The van der Waals surface area contributed by atoms with Crippen molar-refractivity contribution < 1.29 is 42.7 Å². The van der Waals surface area contributed by atoms with Crippen molar-refractivity contribution in [3.63, 3.8) is 0 Å². The van der Waals surface area contributed by atoms with Gasteiger partial charge in [0.1, 0.15) is 17.8 Å². The Labute approximate surface area is 308 Å². The second-order valence-corrected chi connectivity index (χ2v) is 12.9.